The van der Waals surface area contributed by atoms with E-state index in [-0.39, 0.29) is 52.3 Å². The molecule has 1 saturated carbocycles. The number of nitrogens with zero attached hydrogens (tertiary/aromatic N) is 2. The van der Waals surface area contributed by atoms with Crippen molar-refractivity contribution in [1.82, 2.24) is 15.1 Å². The number of nitrogens with one attached hydrogen (secondary N) is 2. The number of rotatable bonds is 6. The smallest absolute Gasteiger partial charge is 0.279 e. The van der Waals surface area contributed by atoms with Crippen LogP contribution >= 0.6 is 0 Å². The predicted molar refractivity (Wildman–Crippen MR) is 114 cm³/mol. The topological polar surface area (TPSA) is 102 Å². The molecule has 3 amide bonds. The lowest BCUT2D eigenvalue weighted by molar-refractivity contribution is -0.141. The second kappa shape index (κ2) is 8.77. The molecule has 0 atom stereocenters. The number of carbonyl (C=O) groups is 3. The van der Waals surface area contributed by atoms with E-state index >= 15 is 0 Å². The number of aromatic hydroxyl groups is 1. The summed E-state index contributed by atoms with van der Waals surface area (Å²) in [4.78, 5) is 41.4. The Bertz CT molecular complexity index is 885. The van der Waals surface area contributed by atoms with Crippen LogP contribution in [0, 0.1) is 0 Å². The Morgan fingerprint density at radius 1 is 1.10 bits per heavy atom. The Balaban J connectivity index is 1.96. The second-order valence-electron chi connectivity index (χ2n) is 8.35. The fourth-order valence-corrected chi connectivity index (χ4v) is 3.95. The third-order valence-electron chi connectivity index (χ3n) is 5.42. The van der Waals surface area contributed by atoms with Gasteiger partial charge in [-0.05, 0) is 38.8 Å². The number of hydrogen-bond acceptors (Lipinski definition) is 6. The summed E-state index contributed by atoms with van der Waals surface area (Å²) in [5.41, 5.74) is 0.616. The summed E-state index contributed by atoms with van der Waals surface area (Å²) in [5, 5.41) is 16.7. The lowest BCUT2D eigenvalue weighted by atomic mass is 9.94. The summed E-state index contributed by atoms with van der Waals surface area (Å²) in [5.74, 6) is -1.37. The van der Waals surface area contributed by atoms with E-state index in [0.717, 1.165) is 32.1 Å². The molecule has 30 heavy (non-hydrogen) atoms. The third-order valence-corrected chi connectivity index (χ3v) is 5.42. The van der Waals surface area contributed by atoms with Crippen molar-refractivity contribution in [3.63, 3.8) is 0 Å². The molecule has 1 aliphatic carbocycles. The van der Waals surface area contributed by atoms with Gasteiger partial charge < -0.3 is 20.6 Å². The Hall–Kier alpha value is -3.03. The first-order valence-electron chi connectivity index (χ1n) is 10.4. The first-order chi connectivity index (χ1) is 14.2. The Labute approximate surface area is 176 Å². The fourth-order valence-electron chi connectivity index (χ4n) is 3.95. The Kier molecular flexibility index (Phi) is 6.34. The van der Waals surface area contributed by atoms with Crippen LogP contribution in [-0.4, -0.2) is 58.8 Å². The number of carbonyl (C=O) groups excluding carboxylic acids is 3. The summed E-state index contributed by atoms with van der Waals surface area (Å²) in [6, 6.07) is 4.53. The quantitative estimate of drug-likeness (QED) is 0.488. The molecule has 0 unspecified atom stereocenters. The van der Waals surface area contributed by atoms with Gasteiger partial charge in [-0.15, -0.1) is 0 Å². The molecule has 1 aromatic carbocycles. The SMILES string of the molecule is CC(C)NC1=C(Nc2cccc(C(=O)N(C)C)c2O)C(=O)N(C2CCCCC2)C1=O. The predicted octanol–water partition coefficient (Wildman–Crippen LogP) is 2.42. The van der Waals surface area contributed by atoms with Crippen LogP contribution in [0.25, 0.3) is 0 Å². The number of imide groups is 1. The van der Waals surface area contributed by atoms with Crippen molar-refractivity contribution in [3.05, 3.63) is 35.2 Å². The van der Waals surface area contributed by atoms with Crippen LogP contribution in [0.5, 0.6) is 5.75 Å². The summed E-state index contributed by atoms with van der Waals surface area (Å²) in [7, 11) is 3.19. The molecule has 8 nitrogen and oxygen atoms in total. The molecular weight excluding hydrogens is 384 g/mol. The van der Waals surface area contributed by atoms with E-state index in [4.69, 9.17) is 0 Å². The van der Waals surface area contributed by atoms with Crippen molar-refractivity contribution >= 4 is 23.4 Å². The summed E-state index contributed by atoms with van der Waals surface area (Å²) >= 11 is 0. The summed E-state index contributed by atoms with van der Waals surface area (Å²) in [6.07, 6.45) is 4.71. The van der Waals surface area contributed by atoms with Crippen LogP contribution in [-0.2, 0) is 9.59 Å². The normalized spacial score (nSPS) is 17.7. The molecule has 1 fully saturated rings. The van der Waals surface area contributed by atoms with Crippen LogP contribution < -0.4 is 10.6 Å². The van der Waals surface area contributed by atoms with Crippen molar-refractivity contribution in [3.8, 4) is 5.75 Å². The van der Waals surface area contributed by atoms with E-state index in [9.17, 15) is 19.5 Å². The fraction of sp³-hybridized carbons (Fsp3) is 0.500. The minimum Gasteiger partial charge on any atom is -0.505 e. The van der Waals surface area contributed by atoms with Gasteiger partial charge in [-0.3, -0.25) is 19.3 Å². The zero-order chi connectivity index (χ0) is 22.0. The van der Waals surface area contributed by atoms with Crippen LogP contribution in [0.3, 0.4) is 0 Å². The summed E-state index contributed by atoms with van der Waals surface area (Å²) < 4.78 is 0. The maximum Gasteiger partial charge on any atom is 0.279 e. The van der Waals surface area contributed by atoms with Crippen molar-refractivity contribution in [1.29, 1.82) is 0 Å². The molecule has 0 saturated heterocycles. The lowest BCUT2D eigenvalue weighted by Gasteiger charge is -2.29. The van der Waals surface area contributed by atoms with Gasteiger partial charge in [0.2, 0.25) is 0 Å². The first kappa shape index (κ1) is 21.7. The number of hydrogen-bond donors (Lipinski definition) is 3. The minimum absolute atomic E-state index is 0.0601. The van der Waals surface area contributed by atoms with E-state index in [2.05, 4.69) is 10.6 Å². The molecule has 3 rings (SSSR count). The van der Waals surface area contributed by atoms with Crippen LogP contribution in [0.4, 0.5) is 5.69 Å². The molecular formula is C22H30N4O4. The van der Waals surface area contributed by atoms with E-state index in [1.807, 2.05) is 13.8 Å². The molecule has 0 radical (unpaired) electrons. The van der Waals surface area contributed by atoms with Crippen molar-refractivity contribution in [2.24, 2.45) is 0 Å². The van der Waals surface area contributed by atoms with Gasteiger partial charge in [0, 0.05) is 26.2 Å². The number of phenolic OH excluding ortho intramolecular Hbond substituents is 1. The minimum atomic E-state index is -0.404. The van der Waals surface area contributed by atoms with Crippen LogP contribution in [0.1, 0.15) is 56.3 Å². The van der Waals surface area contributed by atoms with Gasteiger partial charge in [-0.25, -0.2) is 0 Å². The Morgan fingerprint density at radius 3 is 2.33 bits per heavy atom. The first-order valence-corrected chi connectivity index (χ1v) is 10.4. The molecule has 162 valence electrons. The van der Waals surface area contributed by atoms with Crippen LogP contribution in [0.2, 0.25) is 0 Å². The number of benzene rings is 1. The van der Waals surface area contributed by atoms with Gasteiger partial charge in [0.05, 0.1) is 11.3 Å². The van der Waals surface area contributed by atoms with Gasteiger partial charge in [0.25, 0.3) is 17.7 Å². The van der Waals surface area contributed by atoms with E-state index in [1.54, 1.807) is 26.2 Å². The number of para-hydroxylation sites is 1. The highest BCUT2D eigenvalue weighted by molar-refractivity contribution is 6.20. The summed E-state index contributed by atoms with van der Waals surface area (Å²) in [6.45, 7) is 3.78. The van der Waals surface area contributed by atoms with Gasteiger partial charge in [0.15, 0.2) is 5.75 Å². The van der Waals surface area contributed by atoms with E-state index in [1.165, 1.54) is 15.9 Å². The van der Waals surface area contributed by atoms with Crippen molar-refractivity contribution < 1.29 is 19.5 Å². The van der Waals surface area contributed by atoms with Gasteiger partial charge in [0.1, 0.15) is 11.4 Å². The molecule has 1 aliphatic heterocycles. The largest absolute Gasteiger partial charge is 0.505 e. The number of anilines is 1. The molecule has 3 N–H and O–H groups in total. The van der Waals surface area contributed by atoms with E-state index in [0.29, 0.717) is 0 Å². The molecule has 1 heterocycles. The maximum atomic E-state index is 13.2. The maximum absolute atomic E-state index is 13.2. The zero-order valence-electron chi connectivity index (χ0n) is 18.0. The van der Waals surface area contributed by atoms with Gasteiger partial charge in [-0.1, -0.05) is 25.3 Å². The average molecular weight is 415 g/mol. The van der Waals surface area contributed by atoms with Crippen LogP contribution in [0.15, 0.2) is 29.6 Å². The van der Waals surface area contributed by atoms with Gasteiger partial charge >= 0.3 is 0 Å². The standard InChI is InChI=1S/C22H30N4O4/c1-13(2)23-17-18(22(30)26(21(17)29)14-9-6-5-7-10-14)24-16-12-8-11-15(19(16)27)20(28)25(3)4/h8,11-14,23-24,27H,5-7,9-10H2,1-4H3. The molecule has 0 bridgehead atoms. The molecule has 2 aliphatic rings. The van der Waals surface area contributed by atoms with Gasteiger partial charge in [-0.2, -0.15) is 0 Å². The second-order valence-corrected chi connectivity index (χ2v) is 8.35. The monoisotopic (exact) mass is 414 g/mol. The average Bonchev–Trinajstić information content (AvgIpc) is 2.93. The highest BCUT2D eigenvalue weighted by Gasteiger charge is 2.43. The number of amides is 3. The lowest BCUT2D eigenvalue weighted by Crippen LogP contribution is -2.43. The third kappa shape index (κ3) is 4.13. The molecule has 8 heteroatoms. The van der Waals surface area contributed by atoms with Crippen molar-refractivity contribution in [2.75, 3.05) is 19.4 Å². The molecule has 0 spiro atoms. The molecule has 0 aromatic heterocycles. The highest BCUT2D eigenvalue weighted by atomic mass is 16.3. The van der Waals surface area contributed by atoms with Crippen molar-refractivity contribution in [2.45, 2.75) is 58.0 Å². The molecule has 1 aromatic rings. The zero-order valence-corrected chi connectivity index (χ0v) is 18.0. The highest BCUT2D eigenvalue weighted by Crippen LogP contribution is 2.34. The number of phenols is 1. The Morgan fingerprint density at radius 2 is 1.73 bits per heavy atom. The van der Waals surface area contributed by atoms with E-state index < -0.39 is 5.91 Å².